The van der Waals surface area contributed by atoms with Crippen LogP contribution in [-0.4, -0.2) is 40.1 Å². The van der Waals surface area contributed by atoms with Gasteiger partial charge < -0.3 is 9.47 Å². The third-order valence-electron chi connectivity index (χ3n) is 3.27. The van der Waals surface area contributed by atoms with Crippen LogP contribution in [0.3, 0.4) is 0 Å². The van der Waals surface area contributed by atoms with Gasteiger partial charge in [0.05, 0.1) is 0 Å². The summed E-state index contributed by atoms with van der Waals surface area (Å²) in [5.74, 6) is 6.68. The maximum Gasteiger partial charge on any atom is 0.109 e. The minimum atomic E-state index is 0.289. The summed E-state index contributed by atoms with van der Waals surface area (Å²) in [6.07, 6.45) is 5.72. The monoisotopic (exact) mass is 239 g/mol. The summed E-state index contributed by atoms with van der Waals surface area (Å²) < 4.78 is 2.04. The van der Waals surface area contributed by atoms with Crippen LogP contribution in [0.1, 0.15) is 26.1 Å². The average Bonchev–Trinajstić information content (AvgIpc) is 2.74. The molecule has 5 heteroatoms. The van der Waals surface area contributed by atoms with Crippen LogP contribution >= 0.6 is 0 Å². The molecule has 1 aromatic heterocycles. The number of aryl methyl sites for hydroxylation is 1. The maximum absolute atomic E-state index is 5.60. The van der Waals surface area contributed by atoms with E-state index in [9.17, 15) is 0 Å². The molecular formula is C12H25N5. The van der Waals surface area contributed by atoms with E-state index >= 15 is 0 Å². The largest absolute Gasteiger partial charge is 0.338 e. The molecule has 1 atom stereocenters. The molecule has 1 unspecified atom stereocenters. The zero-order valence-electron chi connectivity index (χ0n) is 11.2. The fourth-order valence-electron chi connectivity index (χ4n) is 1.94. The molecule has 0 amide bonds. The van der Waals surface area contributed by atoms with Crippen molar-refractivity contribution in [2.45, 2.75) is 32.7 Å². The topological polar surface area (TPSA) is 59.1 Å². The van der Waals surface area contributed by atoms with Crippen molar-refractivity contribution in [2.75, 3.05) is 19.6 Å². The normalized spacial score (nSPS) is 13.2. The van der Waals surface area contributed by atoms with Crippen molar-refractivity contribution in [1.29, 1.82) is 0 Å². The van der Waals surface area contributed by atoms with Crippen LogP contribution in [-0.2, 0) is 13.5 Å². The summed E-state index contributed by atoms with van der Waals surface area (Å²) in [6, 6.07) is 0.289. The van der Waals surface area contributed by atoms with Crippen molar-refractivity contribution >= 4 is 0 Å². The second-order valence-electron chi connectivity index (χ2n) is 4.34. The Morgan fingerprint density at radius 1 is 1.47 bits per heavy atom. The van der Waals surface area contributed by atoms with Crippen LogP contribution in [0.15, 0.2) is 12.4 Å². The van der Waals surface area contributed by atoms with Crippen LogP contribution in [0, 0.1) is 0 Å². The van der Waals surface area contributed by atoms with Gasteiger partial charge in [0.2, 0.25) is 0 Å². The van der Waals surface area contributed by atoms with Crippen molar-refractivity contribution in [3.8, 4) is 0 Å². The number of nitrogens with zero attached hydrogens (tertiary/aromatic N) is 3. The van der Waals surface area contributed by atoms with E-state index in [0.29, 0.717) is 0 Å². The van der Waals surface area contributed by atoms with E-state index in [1.54, 1.807) is 0 Å². The molecule has 0 aliphatic rings. The van der Waals surface area contributed by atoms with Gasteiger partial charge in [-0.1, -0.05) is 13.8 Å². The number of imidazole rings is 1. The molecule has 0 saturated heterocycles. The van der Waals surface area contributed by atoms with E-state index in [1.165, 1.54) is 0 Å². The third-order valence-corrected chi connectivity index (χ3v) is 3.27. The lowest BCUT2D eigenvalue weighted by Gasteiger charge is -2.22. The van der Waals surface area contributed by atoms with Gasteiger partial charge in [-0.05, 0) is 26.1 Å². The van der Waals surface area contributed by atoms with Crippen molar-refractivity contribution in [2.24, 2.45) is 12.9 Å². The van der Waals surface area contributed by atoms with Gasteiger partial charge in [0, 0.05) is 31.9 Å². The molecule has 5 nitrogen and oxygen atoms in total. The second kappa shape index (κ2) is 7.42. The summed E-state index contributed by atoms with van der Waals surface area (Å²) >= 11 is 0. The van der Waals surface area contributed by atoms with Gasteiger partial charge >= 0.3 is 0 Å². The SMILES string of the molecule is CCN(CC)CCC(Cc1nccn1C)NN. The lowest BCUT2D eigenvalue weighted by Crippen LogP contribution is -2.40. The molecule has 0 saturated carbocycles. The molecule has 1 rings (SSSR count). The summed E-state index contributed by atoms with van der Waals surface area (Å²) in [4.78, 5) is 6.73. The van der Waals surface area contributed by atoms with E-state index in [2.05, 4.69) is 29.2 Å². The smallest absolute Gasteiger partial charge is 0.109 e. The number of nitrogens with one attached hydrogen (secondary N) is 1. The van der Waals surface area contributed by atoms with Crippen molar-refractivity contribution < 1.29 is 0 Å². The molecule has 1 aromatic rings. The highest BCUT2D eigenvalue weighted by Crippen LogP contribution is 2.04. The molecule has 0 spiro atoms. The van der Waals surface area contributed by atoms with Crippen LogP contribution in [0.25, 0.3) is 0 Å². The molecule has 0 bridgehead atoms. The van der Waals surface area contributed by atoms with E-state index < -0.39 is 0 Å². The molecule has 0 fully saturated rings. The Balaban J connectivity index is 2.41. The first-order chi connectivity index (χ1) is 8.21. The Kier molecular flexibility index (Phi) is 6.18. The number of hydrogen-bond acceptors (Lipinski definition) is 4. The minimum Gasteiger partial charge on any atom is -0.338 e. The number of hydrazine groups is 1. The number of aromatic nitrogens is 2. The highest BCUT2D eigenvalue weighted by atomic mass is 15.2. The van der Waals surface area contributed by atoms with Crippen molar-refractivity contribution in [1.82, 2.24) is 19.9 Å². The molecule has 1 heterocycles. The Morgan fingerprint density at radius 2 is 2.18 bits per heavy atom. The van der Waals surface area contributed by atoms with E-state index in [0.717, 1.165) is 38.3 Å². The van der Waals surface area contributed by atoms with Crippen LogP contribution < -0.4 is 11.3 Å². The summed E-state index contributed by atoms with van der Waals surface area (Å²) in [5, 5.41) is 0. The van der Waals surface area contributed by atoms with Crippen LogP contribution in [0.5, 0.6) is 0 Å². The van der Waals surface area contributed by atoms with Gasteiger partial charge in [-0.2, -0.15) is 0 Å². The van der Waals surface area contributed by atoms with Crippen molar-refractivity contribution in [3.05, 3.63) is 18.2 Å². The lowest BCUT2D eigenvalue weighted by atomic mass is 10.1. The third kappa shape index (κ3) is 4.46. The summed E-state index contributed by atoms with van der Waals surface area (Å²) in [6.45, 7) is 7.64. The standard InChI is InChI=1S/C12H25N5/c1-4-17(5-2)8-6-11(15-13)10-12-14-7-9-16(12)3/h7,9,11,15H,4-6,8,10,13H2,1-3H3. The molecule has 3 N–H and O–H groups in total. The highest BCUT2D eigenvalue weighted by molar-refractivity contribution is 4.94. The van der Waals surface area contributed by atoms with Crippen LogP contribution in [0.4, 0.5) is 0 Å². The zero-order valence-corrected chi connectivity index (χ0v) is 11.2. The van der Waals surface area contributed by atoms with E-state index in [1.807, 2.05) is 24.0 Å². The molecular weight excluding hydrogens is 214 g/mol. The first-order valence-corrected chi connectivity index (χ1v) is 6.35. The summed E-state index contributed by atoms with van der Waals surface area (Å²) in [7, 11) is 2.01. The quantitative estimate of drug-likeness (QED) is 0.513. The lowest BCUT2D eigenvalue weighted by molar-refractivity contribution is 0.279. The van der Waals surface area contributed by atoms with Gasteiger partial charge in [-0.3, -0.25) is 11.3 Å². The number of rotatable bonds is 8. The average molecular weight is 239 g/mol. The molecule has 0 aliphatic carbocycles. The van der Waals surface area contributed by atoms with E-state index in [-0.39, 0.29) is 6.04 Å². The van der Waals surface area contributed by atoms with Gasteiger partial charge in [0.1, 0.15) is 5.82 Å². The number of hydrogen-bond donors (Lipinski definition) is 2. The first kappa shape index (κ1) is 14.2. The molecule has 0 aliphatic heterocycles. The Labute approximate surface area is 104 Å². The highest BCUT2D eigenvalue weighted by Gasteiger charge is 2.12. The van der Waals surface area contributed by atoms with Crippen molar-refractivity contribution in [3.63, 3.8) is 0 Å². The van der Waals surface area contributed by atoms with Gasteiger partial charge in [-0.25, -0.2) is 4.98 Å². The molecule has 98 valence electrons. The van der Waals surface area contributed by atoms with Gasteiger partial charge in [0.15, 0.2) is 0 Å². The zero-order chi connectivity index (χ0) is 12.7. The fraction of sp³-hybridized carbons (Fsp3) is 0.750. The number of nitrogens with two attached hydrogens (primary N) is 1. The molecule has 0 radical (unpaired) electrons. The Morgan fingerprint density at radius 3 is 2.65 bits per heavy atom. The first-order valence-electron chi connectivity index (χ1n) is 6.35. The predicted octanol–water partition coefficient (Wildman–Crippen LogP) is 0.526. The Bertz CT molecular complexity index is 306. The van der Waals surface area contributed by atoms with E-state index in [4.69, 9.17) is 5.84 Å². The summed E-state index contributed by atoms with van der Waals surface area (Å²) in [5.41, 5.74) is 2.89. The fourth-order valence-corrected chi connectivity index (χ4v) is 1.94. The minimum absolute atomic E-state index is 0.289. The second-order valence-corrected chi connectivity index (χ2v) is 4.34. The molecule has 0 aromatic carbocycles. The molecule has 17 heavy (non-hydrogen) atoms. The van der Waals surface area contributed by atoms with Gasteiger partial charge in [0.25, 0.3) is 0 Å². The van der Waals surface area contributed by atoms with Gasteiger partial charge in [-0.15, -0.1) is 0 Å². The van der Waals surface area contributed by atoms with Crippen LogP contribution in [0.2, 0.25) is 0 Å². The Hall–Kier alpha value is -0.910. The predicted molar refractivity (Wildman–Crippen MR) is 70.4 cm³/mol. The maximum atomic E-state index is 5.60.